The van der Waals surface area contributed by atoms with Gasteiger partial charge in [0.2, 0.25) is 0 Å². The zero-order valence-electron chi connectivity index (χ0n) is 15.2. The number of halogens is 1. The van der Waals surface area contributed by atoms with Crippen LogP contribution < -0.4 is 15.0 Å². The molecular formula is C21H22ClN2O3+. The van der Waals surface area contributed by atoms with E-state index in [2.05, 4.69) is 5.32 Å². The van der Waals surface area contributed by atoms with Crippen molar-refractivity contribution < 1.29 is 18.8 Å². The van der Waals surface area contributed by atoms with Crippen LogP contribution in [0.2, 0.25) is 5.02 Å². The number of furan rings is 1. The number of hydrogen-bond acceptors (Lipinski definition) is 3. The van der Waals surface area contributed by atoms with Crippen molar-refractivity contribution in [2.24, 2.45) is 0 Å². The number of amides is 1. The lowest BCUT2D eigenvalue weighted by Crippen LogP contribution is -3.09. The van der Waals surface area contributed by atoms with Crippen LogP contribution in [0.25, 0.3) is 0 Å². The Hall–Kier alpha value is -2.76. The van der Waals surface area contributed by atoms with Gasteiger partial charge < -0.3 is 19.4 Å². The van der Waals surface area contributed by atoms with Gasteiger partial charge in [-0.1, -0.05) is 41.9 Å². The number of anilines is 1. The minimum absolute atomic E-state index is 0.119. The van der Waals surface area contributed by atoms with Crippen molar-refractivity contribution in [3.8, 4) is 5.75 Å². The molecule has 0 bridgehead atoms. The van der Waals surface area contributed by atoms with Gasteiger partial charge in [-0.05, 0) is 30.3 Å². The van der Waals surface area contributed by atoms with Crippen molar-refractivity contribution >= 4 is 23.2 Å². The molecule has 1 heterocycles. The van der Waals surface area contributed by atoms with Crippen molar-refractivity contribution in [3.05, 3.63) is 83.3 Å². The first-order chi connectivity index (χ1) is 13.1. The molecule has 2 aromatic carbocycles. The van der Waals surface area contributed by atoms with Crippen molar-refractivity contribution in [3.63, 3.8) is 0 Å². The van der Waals surface area contributed by atoms with Crippen LogP contribution in [0.4, 0.5) is 5.69 Å². The Bertz CT molecular complexity index is 882. The average molecular weight is 386 g/mol. The minimum atomic E-state index is -0.405. The molecule has 1 unspecified atom stereocenters. The third-order valence-electron chi connectivity index (χ3n) is 4.34. The number of methoxy groups -OCH3 is 1. The smallest absolute Gasteiger partial charge is 0.287 e. The maximum atomic E-state index is 13.1. The Morgan fingerprint density at radius 1 is 1.19 bits per heavy atom. The van der Waals surface area contributed by atoms with E-state index >= 15 is 0 Å². The molecule has 6 heteroatoms. The summed E-state index contributed by atoms with van der Waals surface area (Å²) in [4.78, 5) is 14.1. The summed E-state index contributed by atoms with van der Waals surface area (Å²) in [6.07, 6.45) is 1.64. The summed E-state index contributed by atoms with van der Waals surface area (Å²) in [7, 11) is 3.53. The Morgan fingerprint density at radius 3 is 2.59 bits per heavy atom. The topological polar surface area (TPSA) is 55.9 Å². The number of rotatable bonds is 7. The van der Waals surface area contributed by atoms with Crippen LogP contribution in [0.1, 0.15) is 17.4 Å². The summed E-state index contributed by atoms with van der Waals surface area (Å²) in [5.74, 6) is 1.27. The molecule has 2 atom stereocenters. The van der Waals surface area contributed by atoms with Gasteiger partial charge in [0.1, 0.15) is 12.3 Å². The highest BCUT2D eigenvalue weighted by Gasteiger charge is 2.29. The van der Waals surface area contributed by atoms with E-state index in [1.54, 1.807) is 31.6 Å². The SMILES string of the molecule is COc1ccc(NC(=O)[C@@H](c2ccccc2)[NH+](C)Cc2ccco2)cc1Cl. The number of carbonyl (C=O) groups excluding carboxylic acids is 1. The Labute approximate surface area is 163 Å². The van der Waals surface area contributed by atoms with Crippen LogP contribution in [-0.2, 0) is 11.3 Å². The second-order valence-electron chi connectivity index (χ2n) is 6.28. The number of nitrogens with one attached hydrogen (secondary N) is 2. The van der Waals surface area contributed by atoms with E-state index in [0.29, 0.717) is 23.0 Å². The summed E-state index contributed by atoms with van der Waals surface area (Å²) in [6, 6.07) is 18.2. The number of likely N-dealkylation sites (N-methyl/N-ethyl adjacent to an activating group) is 1. The van der Waals surface area contributed by atoms with Crippen LogP contribution in [0.5, 0.6) is 5.75 Å². The van der Waals surface area contributed by atoms with Crippen molar-refractivity contribution in [1.82, 2.24) is 0 Å². The van der Waals surface area contributed by atoms with Crippen LogP contribution >= 0.6 is 11.6 Å². The summed E-state index contributed by atoms with van der Waals surface area (Å²) in [5.41, 5.74) is 1.55. The lowest BCUT2D eigenvalue weighted by molar-refractivity contribution is -0.916. The molecule has 1 aromatic heterocycles. The highest BCUT2D eigenvalue weighted by Crippen LogP contribution is 2.27. The summed E-state index contributed by atoms with van der Waals surface area (Å²) >= 11 is 6.17. The first-order valence-corrected chi connectivity index (χ1v) is 9.00. The fourth-order valence-corrected chi connectivity index (χ4v) is 3.31. The van der Waals surface area contributed by atoms with Crippen molar-refractivity contribution in [2.75, 3.05) is 19.5 Å². The molecule has 0 spiro atoms. The summed E-state index contributed by atoms with van der Waals surface area (Å²) < 4.78 is 10.6. The summed E-state index contributed by atoms with van der Waals surface area (Å²) in [6.45, 7) is 0.587. The van der Waals surface area contributed by atoms with E-state index < -0.39 is 6.04 Å². The Morgan fingerprint density at radius 2 is 1.96 bits per heavy atom. The van der Waals surface area contributed by atoms with Crippen molar-refractivity contribution in [1.29, 1.82) is 0 Å². The lowest BCUT2D eigenvalue weighted by Gasteiger charge is -2.24. The standard InChI is InChI=1S/C21H21ClN2O3/c1-24(14-17-9-6-12-27-17)20(15-7-4-3-5-8-15)21(25)23-16-10-11-19(26-2)18(22)13-16/h3-13,20H,14H2,1-2H3,(H,23,25)/p+1/t20-/m1/s1. The molecule has 0 fully saturated rings. The monoisotopic (exact) mass is 385 g/mol. The van der Waals surface area contributed by atoms with E-state index in [-0.39, 0.29) is 5.91 Å². The molecule has 140 valence electrons. The van der Waals surface area contributed by atoms with Gasteiger partial charge in [0.25, 0.3) is 5.91 Å². The number of hydrogen-bond donors (Lipinski definition) is 2. The number of quaternary nitrogens is 1. The van der Waals surface area contributed by atoms with Crippen LogP contribution in [-0.4, -0.2) is 20.1 Å². The molecule has 1 amide bonds. The van der Waals surface area contributed by atoms with Crippen LogP contribution in [0, 0.1) is 0 Å². The van der Waals surface area contributed by atoms with Gasteiger partial charge >= 0.3 is 0 Å². The van der Waals surface area contributed by atoms with E-state index in [9.17, 15) is 4.79 Å². The molecule has 0 saturated heterocycles. The molecule has 3 rings (SSSR count). The van der Waals surface area contributed by atoms with Gasteiger partial charge in [0.05, 0.1) is 25.4 Å². The number of ether oxygens (including phenoxy) is 1. The van der Waals surface area contributed by atoms with Gasteiger partial charge in [-0.25, -0.2) is 0 Å². The van der Waals surface area contributed by atoms with E-state index in [4.69, 9.17) is 20.8 Å². The molecule has 0 saturated carbocycles. The molecule has 2 N–H and O–H groups in total. The lowest BCUT2D eigenvalue weighted by atomic mass is 10.0. The molecule has 0 aliphatic heterocycles. The second-order valence-corrected chi connectivity index (χ2v) is 6.69. The normalized spacial score (nSPS) is 13.0. The van der Waals surface area contributed by atoms with E-state index in [1.165, 1.54) is 0 Å². The maximum absolute atomic E-state index is 13.1. The molecule has 0 aliphatic rings. The quantitative estimate of drug-likeness (QED) is 0.656. The molecule has 27 heavy (non-hydrogen) atoms. The van der Waals surface area contributed by atoms with Gasteiger partial charge in [0.15, 0.2) is 11.8 Å². The Balaban J connectivity index is 1.83. The summed E-state index contributed by atoms with van der Waals surface area (Å²) in [5, 5.41) is 3.41. The largest absolute Gasteiger partial charge is 0.495 e. The first-order valence-electron chi connectivity index (χ1n) is 8.62. The number of carbonyl (C=O) groups is 1. The van der Waals surface area contributed by atoms with Gasteiger partial charge in [-0.2, -0.15) is 0 Å². The highest BCUT2D eigenvalue weighted by molar-refractivity contribution is 6.32. The molecule has 0 radical (unpaired) electrons. The second kappa shape index (κ2) is 8.75. The molecule has 5 nitrogen and oxygen atoms in total. The van der Waals surface area contributed by atoms with E-state index in [1.807, 2.05) is 49.5 Å². The molecular weight excluding hydrogens is 364 g/mol. The fourth-order valence-electron chi connectivity index (χ4n) is 3.05. The predicted octanol–water partition coefficient (Wildman–Crippen LogP) is 3.34. The number of benzene rings is 2. The third kappa shape index (κ3) is 4.70. The van der Waals surface area contributed by atoms with E-state index in [0.717, 1.165) is 16.2 Å². The van der Waals surface area contributed by atoms with Gasteiger partial charge in [0, 0.05) is 11.3 Å². The van der Waals surface area contributed by atoms with Crippen LogP contribution in [0.15, 0.2) is 71.3 Å². The predicted molar refractivity (Wildman–Crippen MR) is 105 cm³/mol. The first kappa shape index (κ1) is 19.0. The molecule has 0 aliphatic carbocycles. The third-order valence-corrected chi connectivity index (χ3v) is 4.64. The maximum Gasteiger partial charge on any atom is 0.287 e. The van der Waals surface area contributed by atoms with Crippen molar-refractivity contribution in [2.45, 2.75) is 12.6 Å². The average Bonchev–Trinajstić information content (AvgIpc) is 3.16. The molecule has 3 aromatic rings. The zero-order valence-corrected chi connectivity index (χ0v) is 16.0. The highest BCUT2D eigenvalue weighted by atomic mass is 35.5. The fraction of sp³-hybridized carbons (Fsp3) is 0.190. The Kier molecular flexibility index (Phi) is 6.16. The van der Waals surface area contributed by atoms with Crippen LogP contribution in [0.3, 0.4) is 0 Å². The van der Waals surface area contributed by atoms with Gasteiger partial charge in [-0.3, -0.25) is 4.79 Å². The zero-order chi connectivity index (χ0) is 19.2. The minimum Gasteiger partial charge on any atom is -0.495 e. The van der Waals surface area contributed by atoms with Gasteiger partial charge in [-0.15, -0.1) is 0 Å².